The fourth-order valence-corrected chi connectivity index (χ4v) is 5.88. The molecular formula is C32H35N4O6P. The minimum absolute atomic E-state index is 0.0173. The molecule has 1 fully saturated rings. The molecule has 0 spiro atoms. The summed E-state index contributed by atoms with van der Waals surface area (Å²) in [6.45, 7) is 2.82. The van der Waals surface area contributed by atoms with E-state index in [1.54, 1.807) is 31.5 Å². The van der Waals surface area contributed by atoms with Crippen molar-refractivity contribution in [3.05, 3.63) is 90.1 Å². The summed E-state index contributed by atoms with van der Waals surface area (Å²) in [6.07, 6.45) is 8.66. The van der Waals surface area contributed by atoms with Crippen LogP contribution in [0.4, 0.5) is 11.5 Å². The number of fused-ring (bicyclic) bond motifs is 1. The molecule has 2 heterocycles. The lowest BCUT2D eigenvalue weighted by Crippen LogP contribution is -2.37. The minimum Gasteiger partial charge on any atom is -0.457 e. The van der Waals surface area contributed by atoms with Crippen molar-refractivity contribution in [3.63, 3.8) is 0 Å². The standard InChI is InChI=1S/C32H35N4O6P/c1-32(21-37,42-43(39)40)20-35-29-14-22(17-34-31(29)33-2)8-13-30(38)36-18-25-15-24(16-26(25)19-36)23-9-11-28(12-10-23)41-27-6-4-3-5-7-27/h3-15,17,21,25-26,35,39-40H,16,18-20H2,1-2H3,(H,33,34)/b13-8+/t25?,26?,32-/m1/s1. The Morgan fingerprint density at radius 3 is 2.56 bits per heavy atom. The number of nitrogens with one attached hydrogen (secondary N) is 2. The number of para-hydroxylation sites is 1. The SMILES string of the molecule is CNc1ncc(/C=C/C(=O)N2CC3C=C(c4ccc(Oc5ccccc5)cc4)CC3C2)cc1NC[C@](C)(C=O)OP(O)O. The topological polar surface area (TPSA) is 133 Å². The lowest BCUT2D eigenvalue weighted by molar-refractivity contribution is -0.125. The molecular weight excluding hydrogens is 567 g/mol. The third-order valence-electron chi connectivity index (χ3n) is 7.64. The van der Waals surface area contributed by atoms with Gasteiger partial charge in [-0.1, -0.05) is 36.4 Å². The van der Waals surface area contributed by atoms with Crippen molar-refractivity contribution in [2.24, 2.45) is 11.8 Å². The fourth-order valence-electron chi connectivity index (χ4n) is 5.40. The Bertz CT molecular complexity index is 1500. The molecule has 0 bridgehead atoms. The molecule has 4 N–H and O–H groups in total. The van der Waals surface area contributed by atoms with E-state index in [1.165, 1.54) is 18.1 Å². The lowest BCUT2D eigenvalue weighted by Gasteiger charge is -2.25. The highest BCUT2D eigenvalue weighted by atomic mass is 31.2. The van der Waals surface area contributed by atoms with Crippen LogP contribution < -0.4 is 15.4 Å². The van der Waals surface area contributed by atoms with Gasteiger partial charge in [0.1, 0.15) is 22.9 Å². The van der Waals surface area contributed by atoms with Gasteiger partial charge in [-0.15, -0.1) is 0 Å². The monoisotopic (exact) mass is 602 g/mol. The Morgan fingerprint density at radius 1 is 1.14 bits per heavy atom. The first kappa shape index (κ1) is 30.4. The van der Waals surface area contributed by atoms with Crippen LogP contribution in [0.25, 0.3) is 11.6 Å². The van der Waals surface area contributed by atoms with E-state index < -0.39 is 14.2 Å². The normalized spacial score (nSPS) is 19.2. The van der Waals surface area contributed by atoms with E-state index in [2.05, 4.69) is 33.8 Å². The zero-order valence-electron chi connectivity index (χ0n) is 24.0. The van der Waals surface area contributed by atoms with E-state index in [-0.39, 0.29) is 12.5 Å². The molecule has 2 aromatic carbocycles. The van der Waals surface area contributed by atoms with Gasteiger partial charge in [0.05, 0.1) is 12.2 Å². The highest BCUT2D eigenvalue weighted by Gasteiger charge is 2.37. The van der Waals surface area contributed by atoms with Crippen molar-refractivity contribution in [2.75, 3.05) is 37.3 Å². The molecule has 2 aliphatic rings. The molecule has 2 unspecified atom stereocenters. The molecule has 0 saturated carbocycles. The molecule has 1 aliphatic carbocycles. The average molecular weight is 603 g/mol. The van der Waals surface area contributed by atoms with Crippen LogP contribution in [-0.4, -0.2) is 64.1 Å². The number of rotatable bonds is 12. The molecule has 1 amide bonds. The first-order chi connectivity index (χ1) is 20.7. The first-order valence-electron chi connectivity index (χ1n) is 14.0. The number of carbonyl (C=O) groups excluding carboxylic acids is 2. The van der Waals surface area contributed by atoms with E-state index in [0.717, 1.165) is 17.9 Å². The second-order valence-electron chi connectivity index (χ2n) is 10.9. The van der Waals surface area contributed by atoms with Crippen LogP contribution in [0.15, 0.2) is 79.0 Å². The van der Waals surface area contributed by atoms with Gasteiger partial charge in [-0.2, -0.15) is 0 Å². The van der Waals surface area contributed by atoms with Crippen LogP contribution in [0.1, 0.15) is 24.5 Å². The maximum absolute atomic E-state index is 13.1. The summed E-state index contributed by atoms with van der Waals surface area (Å²) in [5.41, 5.74) is 2.32. The lowest BCUT2D eigenvalue weighted by atomic mass is 9.98. The highest BCUT2D eigenvalue weighted by molar-refractivity contribution is 7.39. The van der Waals surface area contributed by atoms with Gasteiger partial charge in [-0.3, -0.25) is 9.32 Å². The van der Waals surface area contributed by atoms with E-state index in [9.17, 15) is 19.4 Å². The van der Waals surface area contributed by atoms with Crippen molar-refractivity contribution in [1.29, 1.82) is 0 Å². The second-order valence-corrected chi connectivity index (χ2v) is 11.6. The number of nitrogens with zero attached hydrogens (tertiary/aromatic N) is 2. The molecule has 43 heavy (non-hydrogen) atoms. The Balaban J connectivity index is 1.17. The molecule has 1 saturated heterocycles. The predicted molar refractivity (Wildman–Crippen MR) is 167 cm³/mol. The minimum atomic E-state index is -2.70. The average Bonchev–Trinajstić information content (AvgIpc) is 3.60. The Hall–Kier alpha value is -4.08. The van der Waals surface area contributed by atoms with Gasteiger partial charge in [0.15, 0.2) is 6.29 Å². The Labute approximate surface area is 252 Å². The number of amides is 1. The fraction of sp³-hybridized carbons (Fsp3) is 0.281. The second kappa shape index (κ2) is 13.5. The Morgan fingerprint density at radius 2 is 1.88 bits per heavy atom. The number of pyridine rings is 1. The van der Waals surface area contributed by atoms with Crippen molar-refractivity contribution in [3.8, 4) is 11.5 Å². The van der Waals surface area contributed by atoms with Gasteiger partial charge in [0, 0.05) is 32.4 Å². The summed E-state index contributed by atoms with van der Waals surface area (Å²) in [4.78, 5) is 49.1. The Kier molecular flexibility index (Phi) is 9.52. The van der Waals surface area contributed by atoms with Crippen molar-refractivity contribution in [1.82, 2.24) is 9.88 Å². The number of aromatic nitrogens is 1. The molecule has 5 rings (SSSR count). The molecule has 0 radical (unpaired) electrons. The van der Waals surface area contributed by atoms with Crippen LogP contribution in [-0.2, 0) is 14.1 Å². The van der Waals surface area contributed by atoms with Crippen molar-refractivity contribution >= 4 is 44.0 Å². The summed E-state index contributed by atoms with van der Waals surface area (Å²) < 4.78 is 10.9. The van der Waals surface area contributed by atoms with Gasteiger partial charge in [-0.05, 0) is 78.3 Å². The summed E-state index contributed by atoms with van der Waals surface area (Å²) >= 11 is 0. The third kappa shape index (κ3) is 7.66. The van der Waals surface area contributed by atoms with E-state index in [4.69, 9.17) is 9.26 Å². The van der Waals surface area contributed by atoms with Gasteiger partial charge < -0.3 is 34.9 Å². The predicted octanol–water partition coefficient (Wildman–Crippen LogP) is 5.09. The van der Waals surface area contributed by atoms with Gasteiger partial charge in [0.25, 0.3) is 0 Å². The van der Waals surface area contributed by atoms with Crippen LogP contribution in [0, 0.1) is 11.8 Å². The number of likely N-dealkylation sites (tertiary alicyclic amines) is 1. The first-order valence-corrected chi connectivity index (χ1v) is 15.2. The van der Waals surface area contributed by atoms with Crippen LogP contribution >= 0.6 is 8.60 Å². The largest absolute Gasteiger partial charge is 0.457 e. The molecule has 10 nitrogen and oxygen atoms in total. The zero-order chi connectivity index (χ0) is 30.4. The smallest absolute Gasteiger partial charge is 0.328 e. The van der Waals surface area contributed by atoms with Crippen LogP contribution in [0.5, 0.6) is 11.5 Å². The number of hydrogen-bond acceptors (Lipinski definition) is 9. The molecule has 3 aromatic rings. The van der Waals surface area contributed by atoms with Gasteiger partial charge in [-0.25, -0.2) is 4.98 Å². The molecule has 1 aliphatic heterocycles. The summed E-state index contributed by atoms with van der Waals surface area (Å²) in [5, 5.41) is 6.04. The van der Waals surface area contributed by atoms with Crippen LogP contribution in [0.3, 0.4) is 0 Å². The van der Waals surface area contributed by atoms with E-state index in [0.29, 0.717) is 48.3 Å². The van der Waals surface area contributed by atoms with Crippen molar-refractivity contribution in [2.45, 2.75) is 18.9 Å². The van der Waals surface area contributed by atoms with E-state index >= 15 is 0 Å². The number of ether oxygens (including phenoxy) is 1. The molecule has 3 atom stereocenters. The number of aldehydes is 1. The van der Waals surface area contributed by atoms with E-state index in [1.807, 2.05) is 47.4 Å². The maximum Gasteiger partial charge on any atom is 0.328 e. The highest BCUT2D eigenvalue weighted by Crippen LogP contribution is 2.41. The number of carbonyl (C=O) groups is 2. The maximum atomic E-state index is 13.1. The third-order valence-corrected chi connectivity index (χ3v) is 8.22. The number of anilines is 2. The summed E-state index contributed by atoms with van der Waals surface area (Å²) in [5.74, 6) is 2.80. The van der Waals surface area contributed by atoms with Gasteiger partial charge >= 0.3 is 8.60 Å². The number of allylic oxidation sites excluding steroid dienone is 1. The number of benzene rings is 2. The van der Waals surface area contributed by atoms with Crippen molar-refractivity contribution < 1.29 is 28.6 Å². The summed E-state index contributed by atoms with van der Waals surface area (Å²) in [7, 11) is -0.991. The van der Waals surface area contributed by atoms with Gasteiger partial charge in [0.2, 0.25) is 5.91 Å². The molecule has 224 valence electrons. The summed E-state index contributed by atoms with van der Waals surface area (Å²) in [6, 6.07) is 19.7. The number of hydrogen-bond donors (Lipinski definition) is 4. The molecule has 1 aromatic heterocycles. The quantitative estimate of drug-likeness (QED) is 0.127. The van der Waals surface area contributed by atoms with Crippen LogP contribution in [0.2, 0.25) is 0 Å². The molecule has 11 heteroatoms. The zero-order valence-corrected chi connectivity index (χ0v) is 24.9.